The average molecular weight is 376 g/mol. The third kappa shape index (κ3) is 4.22. The van der Waals surface area contributed by atoms with E-state index in [4.69, 9.17) is 0 Å². The Morgan fingerprint density at radius 1 is 1.18 bits per heavy atom. The Hall–Kier alpha value is -3.15. The normalized spacial score (nSPS) is 16.3. The van der Waals surface area contributed by atoms with Gasteiger partial charge in [-0.2, -0.15) is 0 Å². The number of hydrogen-bond donors (Lipinski definition) is 2. The number of aryl methyl sites for hydroxylation is 1. The van der Waals surface area contributed by atoms with Gasteiger partial charge in [0.15, 0.2) is 0 Å². The molecule has 144 valence electrons. The highest BCUT2D eigenvalue weighted by atomic mass is 16.2. The summed E-state index contributed by atoms with van der Waals surface area (Å²) >= 11 is 0. The Kier molecular flexibility index (Phi) is 5.37. The summed E-state index contributed by atoms with van der Waals surface area (Å²) < 4.78 is 0. The van der Waals surface area contributed by atoms with Crippen molar-refractivity contribution in [3.63, 3.8) is 0 Å². The average Bonchev–Trinajstić information content (AvgIpc) is 3.32. The minimum absolute atomic E-state index is 0.0337. The molecule has 4 rings (SSSR count). The van der Waals surface area contributed by atoms with Crippen molar-refractivity contribution < 1.29 is 9.59 Å². The number of carbonyl (C=O) groups excluding carboxylic acids is 2. The van der Waals surface area contributed by atoms with Crippen molar-refractivity contribution in [1.29, 1.82) is 0 Å². The van der Waals surface area contributed by atoms with Crippen LogP contribution in [0.5, 0.6) is 0 Å². The van der Waals surface area contributed by atoms with E-state index < -0.39 is 0 Å². The molecule has 0 bridgehead atoms. The summed E-state index contributed by atoms with van der Waals surface area (Å²) in [7, 11) is 0. The molecule has 1 atom stereocenters. The minimum Gasteiger partial charge on any atom is -0.361 e. The number of pyridine rings is 1. The molecule has 1 saturated heterocycles. The van der Waals surface area contributed by atoms with Crippen LogP contribution in [0.25, 0.3) is 10.9 Å². The van der Waals surface area contributed by atoms with Gasteiger partial charge in [-0.15, -0.1) is 0 Å². The summed E-state index contributed by atoms with van der Waals surface area (Å²) in [5.41, 5.74) is 3.29. The van der Waals surface area contributed by atoms with E-state index in [1.165, 1.54) is 5.39 Å². The molecule has 2 aromatic heterocycles. The highest BCUT2D eigenvalue weighted by Crippen LogP contribution is 2.20. The van der Waals surface area contributed by atoms with Gasteiger partial charge in [0.2, 0.25) is 11.8 Å². The maximum Gasteiger partial charge on any atom is 0.223 e. The molecule has 3 aromatic rings. The molecule has 1 fully saturated rings. The molecule has 2 amide bonds. The molecular formula is C22H24N4O2. The number of fused-ring (bicyclic) bond motifs is 1. The van der Waals surface area contributed by atoms with E-state index >= 15 is 0 Å². The topological polar surface area (TPSA) is 78.1 Å². The third-order valence-electron chi connectivity index (χ3n) is 5.28. The molecule has 1 aliphatic heterocycles. The van der Waals surface area contributed by atoms with Crippen LogP contribution in [-0.4, -0.2) is 39.3 Å². The molecule has 2 N–H and O–H groups in total. The van der Waals surface area contributed by atoms with Crippen molar-refractivity contribution in [2.75, 3.05) is 6.54 Å². The largest absolute Gasteiger partial charge is 0.361 e. The van der Waals surface area contributed by atoms with E-state index in [0.29, 0.717) is 32.4 Å². The molecule has 6 heteroatoms. The standard InChI is InChI=1S/C22H24N4O2/c27-21-7-6-18(25-21)15-26(14-16-9-11-23-12-10-16)22(28)8-5-17-13-24-20-4-2-1-3-19(17)20/h1-4,9-13,18,24H,5-8,14-15H2,(H,25,27)/t18-/m0/s1. The predicted molar refractivity (Wildman–Crippen MR) is 107 cm³/mol. The maximum absolute atomic E-state index is 13.0. The van der Waals surface area contributed by atoms with Crippen LogP contribution in [0, 0.1) is 0 Å². The molecule has 0 saturated carbocycles. The smallest absolute Gasteiger partial charge is 0.223 e. The molecule has 1 aliphatic rings. The number of benzene rings is 1. The number of rotatable bonds is 7. The number of nitrogens with one attached hydrogen (secondary N) is 2. The van der Waals surface area contributed by atoms with Crippen molar-refractivity contribution in [1.82, 2.24) is 20.2 Å². The quantitative estimate of drug-likeness (QED) is 0.666. The van der Waals surface area contributed by atoms with Gasteiger partial charge in [-0.05, 0) is 42.2 Å². The number of aromatic nitrogens is 2. The lowest BCUT2D eigenvalue weighted by molar-refractivity contribution is -0.132. The van der Waals surface area contributed by atoms with E-state index in [2.05, 4.69) is 21.4 Å². The summed E-state index contributed by atoms with van der Waals surface area (Å²) in [4.78, 5) is 33.8. The molecule has 0 spiro atoms. The Morgan fingerprint density at radius 2 is 2.00 bits per heavy atom. The van der Waals surface area contributed by atoms with Gasteiger partial charge < -0.3 is 15.2 Å². The summed E-state index contributed by atoms with van der Waals surface area (Å²) in [6.45, 7) is 1.07. The van der Waals surface area contributed by atoms with Gasteiger partial charge in [-0.25, -0.2) is 0 Å². The van der Waals surface area contributed by atoms with Crippen LogP contribution >= 0.6 is 0 Å². The zero-order valence-electron chi connectivity index (χ0n) is 15.7. The first-order valence-corrected chi connectivity index (χ1v) is 9.70. The molecule has 28 heavy (non-hydrogen) atoms. The van der Waals surface area contributed by atoms with Crippen LogP contribution in [0.4, 0.5) is 0 Å². The van der Waals surface area contributed by atoms with Crippen molar-refractivity contribution in [2.24, 2.45) is 0 Å². The Bertz CT molecular complexity index is 967. The lowest BCUT2D eigenvalue weighted by atomic mass is 10.1. The molecule has 6 nitrogen and oxygen atoms in total. The second-order valence-corrected chi connectivity index (χ2v) is 7.29. The number of hydrogen-bond acceptors (Lipinski definition) is 3. The van der Waals surface area contributed by atoms with Crippen molar-refractivity contribution in [3.8, 4) is 0 Å². The van der Waals surface area contributed by atoms with E-state index in [0.717, 1.165) is 23.1 Å². The number of nitrogens with zero attached hydrogens (tertiary/aromatic N) is 2. The molecule has 0 unspecified atom stereocenters. The van der Waals surface area contributed by atoms with Crippen molar-refractivity contribution >= 4 is 22.7 Å². The van der Waals surface area contributed by atoms with Gasteiger partial charge in [-0.3, -0.25) is 14.6 Å². The first kappa shape index (κ1) is 18.2. The minimum atomic E-state index is 0.0337. The van der Waals surface area contributed by atoms with Crippen LogP contribution in [0.3, 0.4) is 0 Å². The van der Waals surface area contributed by atoms with Gasteiger partial charge in [0.05, 0.1) is 0 Å². The number of carbonyl (C=O) groups is 2. The summed E-state index contributed by atoms with van der Waals surface area (Å²) in [6.07, 6.45) is 7.91. The van der Waals surface area contributed by atoms with Crippen LogP contribution in [-0.2, 0) is 22.6 Å². The Labute approximate surface area is 164 Å². The number of aromatic amines is 1. The van der Waals surface area contributed by atoms with Gasteiger partial charge in [-0.1, -0.05) is 18.2 Å². The Balaban J connectivity index is 1.44. The van der Waals surface area contributed by atoms with Crippen LogP contribution < -0.4 is 5.32 Å². The zero-order valence-corrected chi connectivity index (χ0v) is 15.7. The lowest BCUT2D eigenvalue weighted by Crippen LogP contribution is -2.41. The van der Waals surface area contributed by atoms with E-state index in [1.807, 2.05) is 41.4 Å². The van der Waals surface area contributed by atoms with Gasteiger partial charge in [0.25, 0.3) is 0 Å². The Morgan fingerprint density at radius 3 is 2.79 bits per heavy atom. The predicted octanol–water partition coefficient (Wildman–Crippen LogP) is 2.80. The maximum atomic E-state index is 13.0. The number of amides is 2. The summed E-state index contributed by atoms with van der Waals surface area (Å²) in [5.74, 6) is 0.170. The van der Waals surface area contributed by atoms with Crippen LogP contribution in [0.1, 0.15) is 30.4 Å². The molecule has 0 aliphatic carbocycles. The SMILES string of the molecule is O=C1CC[C@@H](CN(Cc2ccncc2)C(=O)CCc2c[nH]c3ccccc23)N1. The monoisotopic (exact) mass is 376 g/mol. The first-order valence-electron chi connectivity index (χ1n) is 9.70. The summed E-state index contributed by atoms with van der Waals surface area (Å²) in [6, 6.07) is 12.0. The molecule has 3 heterocycles. The van der Waals surface area contributed by atoms with Crippen molar-refractivity contribution in [3.05, 3.63) is 66.1 Å². The number of para-hydroxylation sites is 1. The fourth-order valence-electron chi connectivity index (χ4n) is 3.78. The second kappa shape index (κ2) is 8.25. The first-order chi connectivity index (χ1) is 13.7. The molecular weight excluding hydrogens is 352 g/mol. The van der Waals surface area contributed by atoms with Gasteiger partial charge in [0.1, 0.15) is 0 Å². The fourth-order valence-corrected chi connectivity index (χ4v) is 3.78. The number of H-pyrrole nitrogens is 1. The zero-order chi connectivity index (χ0) is 19.3. The lowest BCUT2D eigenvalue weighted by Gasteiger charge is -2.26. The van der Waals surface area contributed by atoms with E-state index in [1.54, 1.807) is 12.4 Å². The van der Waals surface area contributed by atoms with E-state index in [-0.39, 0.29) is 17.9 Å². The highest BCUT2D eigenvalue weighted by molar-refractivity contribution is 5.84. The van der Waals surface area contributed by atoms with Gasteiger partial charge in [0, 0.05) is 61.5 Å². The van der Waals surface area contributed by atoms with Crippen LogP contribution in [0.15, 0.2) is 55.0 Å². The van der Waals surface area contributed by atoms with Crippen LogP contribution in [0.2, 0.25) is 0 Å². The van der Waals surface area contributed by atoms with E-state index in [9.17, 15) is 9.59 Å². The third-order valence-corrected chi connectivity index (χ3v) is 5.28. The highest BCUT2D eigenvalue weighted by Gasteiger charge is 2.25. The molecule has 1 aromatic carbocycles. The van der Waals surface area contributed by atoms with Gasteiger partial charge >= 0.3 is 0 Å². The summed E-state index contributed by atoms with van der Waals surface area (Å²) in [5, 5.41) is 4.13. The van der Waals surface area contributed by atoms with Crippen molar-refractivity contribution in [2.45, 2.75) is 38.3 Å². The molecule has 0 radical (unpaired) electrons. The fraction of sp³-hybridized carbons (Fsp3) is 0.318. The second-order valence-electron chi connectivity index (χ2n) is 7.29.